The van der Waals surface area contributed by atoms with E-state index in [4.69, 9.17) is 0 Å². The fraction of sp³-hybridized carbons (Fsp3) is 0.647. The molecule has 1 aromatic rings. The third-order valence-corrected chi connectivity index (χ3v) is 4.27. The van der Waals surface area contributed by atoms with E-state index in [0.29, 0.717) is 11.7 Å². The Labute approximate surface area is 116 Å². The molecule has 0 bridgehead atoms. The van der Waals surface area contributed by atoms with Crippen LogP contribution in [-0.4, -0.2) is 6.04 Å². The number of hydrogen-bond acceptors (Lipinski definition) is 1. The molecular weight excluding hydrogens is 237 g/mol. The van der Waals surface area contributed by atoms with E-state index in [9.17, 15) is 4.39 Å². The summed E-state index contributed by atoms with van der Waals surface area (Å²) in [4.78, 5) is 0. The molecule has 106 valence electrons. The van der Waals surface area contributed by atoms with Crippen LogP contribution in [0.25, 0.3) is 0 Å². The summed E-state index contributed by atoms with van der Waals surface area (Å²) < 4.78 is 13.8. The van der Waals surface area contributed by atoms with Gasteiger partial charge in [0.05, 0.1) is 5.69 Å². The van der Waals surface area contributed by atoms with E-state index >= 15 is 0 Å². The maximum Gasteiger partial charge on any atom is 0.146 e. The van der Waals surface area contributed by atoms with Crippen molar-refractivity contribution in [2.24, 2.45) is 5.92 Å². The second-order valence-corrected chi connectivity index (χ2v) is 5.99. The summed E-state index contributed by atoms with van der Waals surface area (Å²) in [6.45, 7) is 4.19. The fourth-order valence-corrected chi connectivity index (χ4v) is 3.18. The highest BCUT2D eigenvalue weighted by molar-refractivity contribution is 5.46. The Bertz CT molecular complexity index is 402. The monoisotopic (exact) mass is 263 g/mol. The summed E-state index contributed by atoms with van der Waals surface area (Å²) in [6, 6.07) is 5.90. The lowest BCUT2D eigenvalue weighted by Gasteiger charge is -2.18. The number of anilines is 1. The Kier molecular flexibility index (Phi) is 5.24. The van der Waals surface area contributed by atoms with E-state index in [1.165, 1.54) is 44.9 Å². The first-order chi connectivity index (χ1) is 9.19. The lowest BCUT2D eigenvalue weighted by molar-refractivity contribution is 0.422. The van der Waals surface area contributed by atoms with Crippen molar-refractivity contribution in [2.75, 3.05) is 5.32 Å². The Morgan fingerprint density at radius 3 is 2.79 bits per heavy atom. The van der Waals surface area contributed by atoms with Crippen LogP contribution in [0.5, 0.6) is 0 Å². The molecule has 0 saturated heterocycles. The summed E-state index contributed by atoms with van der Waals surface area (Å²) in [5.41, 5.74) is 1.65. The van der Waals surface area contributed by atoms with E-state index in [2.05, 4.69) is 12.2 Å². The average molecular weight is 263 g/mol. The molecule has 1 N–H and O–H groups in total. The van der Waals surface area contributed by atoms with Crippen molar-refractivity contribution in [1.29, 1.82) is 0 Å². The predicted molar refractivity (Wildman–Crippen MR) is 80.0 cm³/mol. The third kappa shape index (κ3) is 4.22. The molecule has 0 spiro atoms. The molecule has 1 fully saturated rings. The Morgan fingerprint density at radius 1 is 1.21 bits per heavy atom. The molecule has 0 amide bonds. The summed E-state index contributed by atoms with van der Waals surface area (Å²) in [5.74, 6) is 0.772. The molecule has 1 saturated carbocycles. The third-order valence-electron chi connectivity index (χ3n) is 4.27. The van der Waals surface area contributed by atoms with Crippen molar-refractivity contribution in [3.63, 3.8) is 0 Å². The van der Waals surface area contributed by atoms with E-state index < -0.39 is 0 Å². The molecule has 2 heteroatoms. The van der Waals surface area contributed by atoms with Crippen molar-refractivity contribution < 1.29 is 4.39 Å². The first-order valence-electron chi connectivity index (χ1n) is 7.71. The van der Waals surface area contributed by atoms with Crippen LogP contribution in [0, 0.1) is 18.7 Å². The van der Waals surface area contributed by atoms with Crippen LogP contribution < -0.4 is 5.32 Å². The highest BCUT2D eigenvalue weighted by Gasteiger charge is 2.18. The Balaban J connectivity index is 1.92. The Morgan fingerprint density at radius 2 is 2.05 bits per heavy atom. The van der Waals surface area contributed by atoms with Gasteiger partial charge in [0.15, 0.2) is 0 Å². The van der Waals surface area contributed by atoms with Crippen LogP contribution in [-0.2, 0) is 0 Å². The Hall–Kier alpha value is -1.05. The molecular formula is C17H26FN. The van der Waals surface area contributed by atoms with Crippen molar-refractivity contribution in [3.8, 4) is 0 Å². The minimum atomic E-state index is -0.116. The van der Waals surface area contributed by atoms with Crippen molar-refractivity contribution in [3.05, 3.63) is 29.6 Å². The number of benzene rings is 1. The van der Waals surface area contributed by atoms with Gasteiger partial charge in [-0.3, -0.25) is 0 Å². The van der Waals surface area contributed by atoms with Gasteiger partial charge in [-0.2, -0.15) is 0 Å². The largest absolute Gasteiger partial charge is 0.380 e. The normalized spacial score (nSPS) is 23.9. The van der Waals surface area contributed by atoms with Crippen molar-refractivity contribution in [1.82, 2.24) is 0 Å². The maximum atomic E-state index is 13.8. The number of hydrogen-bond donors (Lipinski definition) is 1. The quantitative estimate of drug-likeness (QED) is 0.727. The van der Waals surface area contributed by atoms with Gasteiger partial charge in [0.2, 0.25) is 0 Å². The highest BCUT2D eigenvalue weighted by atomic mass is 19.1. The molecule has 2 rings (SSSR count). The predicted octanol–water partition coefficient (Wildman–Crippen LogP) is 5.30. The molecule has 2 unspecified atom stereocenters. The lowest BCUT2D eigenvalue weighted by atomic mass is 9.95. The molecule has 0 aromatic heterocycles. The molecule has 1 aliphatic rings. The van der Waals surface area contributed by atoms with Gasteiger partial charge in [0, 0.05) is 6.04 Å². The first-order valence-corrected chi connectivity index (χ1v) is 7.71. The van der Waals surface area contributed by atoms with Gasteiger partial charge in [0.1, 0.15) is 5.82 Å². The second kappa shape index (κ2) is 6.93. The molecule has 1 aliphatic carbocycles. The van der Waals surface area contributed by atoms with Crippen molar-refractivity contribution in [2.45, 2.75) is 64.8 Å². The lowest BCUT2D eigenvalue weighted by Crippen LogP contribution is -2.19. The zero-order chi connectivity index (χ0) is 13.7. The van der Waals surface area contributed by atoms with Crippen LogP contribution in [0.1, 0.15) is 57.4 Å². The molecule has 0 radical (unpaired) electrons. The first kappa shape index (κ1) is 14.4. The van der Waals surface area contributed by atoms with Gasteiger partial charge in [-0.1, -0.05) is 38.7 Å². The van der Waals surface area contributed by atoms with E-state index in [-0.39, 0.29) is 5.82 Å². The topological polar surface area (TPSA) is 12.0 Å². The fourth-order valence-electron chi connectivity index (χ4n) is 3.18. The van der Waals surface area contributed by atoms with Crippen molar-refractivity contribution >= 4 is 5.69 Å². The molecule has 19 heavy (non-hydrogen) atoms. The highest BCUT2D eigenvalue weighted by Crippen LogP contribution is 2.29. The SMILES string of the molecule is CCCC1CCCC(Nc2ccc(C)cc2F)CC1. The number of aryl methyl sites for hydroxylation is 1. The van der Waals surface area contributed by atoms with Crippen LogP contribution >= 0.6 is 0 Å². The second-order valence-electron chi connectivity index (χ2n) is 5.99. The van der Waals surface area contributed by atoms with E-state index in [1.54, 1.807) is 6.07 Å². The molecule has 0 aliphatic heterocycles. The smallest absolute Gasteiger partial charge is 0.146 e. The van der Waals surface area contributed by atoms with Crippen LogP contribution in [0.4, 0.5) is 10.1 Å². The minimum Gasteiger partial charge on any atom is -0.380 e. The van der Waals surface area contributed by atoms with Crippen LogP contribution in [0.2, 0.25) is 0 Å². The number of nitrogens with one attached hydrogen (secondary N) is 1. The van der Waals surface area contributed by atoms with Crippen LogP contribution in [0.15, 0.2) is 18.2 Å². The summed E-state index contributed by atoms with van der Waals surface area (Å²) in [5, 5.41) is 3.40. The standard InChI is InChI=1S/C17H26FN/c1-3-5-14-6-4-7-15(10-9-14)19-17-11-8-13(2)12-16(17)18/h8,11-12,14-15,19H,3-7,9-10H2,1-2H3. The molecule has 1 nitrogen and oxygen atoms in total. The van der Waals surface area contributed by atoms with Gasteiger partial charge in [-0.15, -0.1) is 0 Å². The van der Waals surface area contributed by atoms with Gasteiger partial charge >= 0.3 is 0 Å². The molecule has 2 atom stereocenters. The summed E-state index contributed by atoms with van der Waals surface area (Å²) in [7, 11) is 0. The summed E-state index contributed by atoms with van der Waals surface area (Å²) >= 11 is 0. The van der Waals surface area contributed by atoms with Gasteiger partial charge in [0.25, 0.3) is 0 Å². The zero-order valence-corrected chi connectivity index (χ0v) is 12.2. The maximum absolute atomic E-state index is 13.8. The minimum absolute atomic E-state index is 0.116. The number of rotatable bonds is 4. The van der Waals surface area contributed by atoms with Gasteiger partial charge in [-0.25, -0.2) is 4.39 Å². The average Bonchev–Trinajstić information content (AvgIpc) is 2.59. The summed E-state index contributed by atoms with van der Waals surface area (Å²) in [6.07, 6.45) is 8.91. The van der Waals surface area contributed by atoms with Crippen LogP contribution in [0.3, 0.4) is 0 Å². The van der Waals surface area contributed by atoms with Gasteiger partial charge < -0.3 is 5.32 Å². The van der Waals surface area contributed by atoms with E-state index in [1.807, 2.05) is 19.1 Å². The van der Waals surface area contributed by atoms with E-state index in [0.717, 1.165) is 11.5 Å². The zero-order valence-electron chi connectivity index (χ0n) is 12.2. The molecule has 1 aromatic carbocycles. The molecule has 0 heterocycles. The van der Waals surface area contributed by atoms with Gasteiger partial charge in [-0.05, 0) is 49.8 Å². The number of halogens is 1.